The van der Waals surface area contributed by atoms with Crippen LogP contribution >= 0.6 is 8.17 Å². The average Bonchev–Trinajstić information content (AvgIpc) is 2.67. The summed E-state index contributed by atoms with van der Waals surface area (Å²) in [6.07, 6.45) is 11.3. The molecular formula is C21H37NO5P+. The second-order valence-electron chi connectivity index (χ2n) is 8.24. The standard InChI is InChI=1S/C21H37NO5P/c1-2-3-4-5-6-7-8-17-9-10-19-14-20(12-11-18(19)13-17)21(22,15-23)16-27-28(24,25)26/h9-10,13,20,23-26H,2-8,11-12,14-16,22H2,1H3/q+1/t20-,21?/m1/s1. The fourth-order valence-corrected chi connectivity index (χ4v) is 4.48. The molecule has 7 heteroatoms. The van der Waals surface area contributed by atoms with Crippen LogP contribution in [0.4, 0.5) is 0 Å². The van der Waals surface area contributed by atoms with Gasteiger partial charge in [0, 0.05) is 0 Å². The molecule has 0 spiro atoms. The Morgan fingerprint density at radius 2 is 1.82 bits per heavy atom. The van der Waals surface area contributed by atoms with E-state index in [1.54, 1.807) is 0 Å². The van der Waals surface area contributed by atoms with Crippen molar-refractivity contribution < 1.29 is 24.3 Å². The highest BCUT2D eigenvalue weighted by atomic mass is 31.2. The van der Waals surface area contributed by atoms with Gasteiger partial charge in [0.05, 0.1) is 12.1 Å². The molecule has 0 amide bonds. The minimum atomic E-state index is -4.36. The minimum Gasteiger partial charge on any atom is -0.394 e. The van der Waals surface area contributed by atoms with Gasteiger partial charge < -0.3 is 10.8 Å². The monoisotopic (exact) mass is 414 g/mol. The first-order valence-corrected chi connectivity index (χ1v) is 12.1. The van der Waals surface area contributed by atoms with Crippen LogP contribution in [0.5, 0.6) is 0 Å². The van der Waals surface area contributed by atoms with Crippen LogP contribution in [0.3, 0.4) is 0 Å². The number of aliphatic hydroxyl groups is 1. The van der Waals surface area contributed by atoms with Gasteiger partial charge in [0.2, 0.25) is 0 Å². The molecule has 2 rings (SSSR count). The van der Waals surface area contributed by atoms with E-state index >= 15 is 0 Å². The first-order chi connectivity index (χ1) is 13.3. The van der Waals surface area contributed by atoms with Crippen LogP contribution in [0, 0.1) is 5.92 Å². The molecule has 0 aliphatic heterocycles. The summed E-state index contributed by atoms with van der Waals surface area (Å²) in [5, 5.41) is 9.76. The molecule has 1 aromatic carbocycles. The molecule has 0 aromatic heterocycles. The molecule has 6 nitrogen and oxygen atoms in total. The van der Waals surface area contributed by atoms with Gasteiger partial charge in [0.25, 0.3) is 0 Å². The summed E-state index contributed by atoms with van der Waals surface area (Å²) in [5.74, 6) is -0.0547. The lowest BCUT2D eigenvalue weighted by molar-refractivity contribution is 0.0537. The van der Waals surface area contributed by atoms with Gasteiger partial charge in [-0.3, -0.25) is 0 Å². The van der Waals surface area contributed by atoms with Crippen molar-refractivity contribution in [3.8, 4) is 0 Å². The predicted octanol–water partition coefficient (Wildman–Crippen LogP) is 3.06. The average molecular weight is 415 g/mol. The highest BCUT2D eigenvalue weighted by molar-refractivity contribution is 7.53. The fraction of sp³-hybridized carbons (Fsp3) is 0.714. The van der Waals surface area contributed by atoms with Crippen molar-refractivity contribution in [1.29, 1.82) is 0 Å². The van der Waals surface area contributed by atoms with Crippen molar-refractivity contribution in [3.05, 3.63) is 34.9 Å². The number of benzene rings is 1. The van der Waals surface area contributed by atoms with Crippen molar-refractivity contribution in [2.75, 3.05) is 13.2 Å². The van der Waals surface area contributed by atoms with E-state index in [2.05, 4.69) is 25.1 Å². The Hall–Kier alpha value is -0.590. The van der Waals surface area contributed by atoms with Crippen molar-refractivity contribution in [3.63, 3.8) is 0 Å². The van der Waals surface area contributed by atoms with E-state index in [1.165, 1.54) is 55.2 Å². The van der Waals surface area contributed by atoms with E-state index in [1.807, 2.05) is 0 Å². The van der Waals surface area contributed by atoms with Crippen LogP contribution in [0.25, 0.3) is 0 Å². The lowest BCUT2D eigenvalue weighted by atomic mass is 9.73. The van der Waals surface area contributed by atoms with E-state index in [0.717, 1.165) is 19.3 Å². The molecule has 1 aliphatic rings. The SMILES string of the molecule is CCCCCCCCc1ccc2c(c1)CC[C@@H](C(N)(CO)CO[P+](O)(O)O)C2. The van der Waals surface area contributed by atoms with Gasteiger partial charge in [-0.15, -0.1) is 0 Å². The molecule has 0 bridgehead atoms. The smallest absolute Gasteiger partial charge is 0.394 e. The predicted molar refractivity (Wildman–Crippen MR) is 113 cm³/mol. The van der Waals surface area contributed by atoms with Crippen LogP contribution in [-0.4, -0.2) is 38.5 Å². The highest BCUT2D eigenvalue weighted by Gasteiger charge is 2.43. The Kier molecular flexibility index (Phi) is 9.29. The first-order valence-electron chi connectivity index (χ1n) is 10.5. The number of nitrogens with two attached hydrogens (primary N) is 1. The maximum absolute atomic E-state index is 9.76. The zero-order valence-corrected chi connectivity index (χ0v) is 17.9. The number of hydrogen-bond acceptors (Lipinski definition) is 6. The molecule has 0 saturated carbocycles. The third-order valence-electron chi connectivity index (χ3n) is 5.93. The summed E-state index contributed by atoms with van der Waals surface area (Å²) in [6, 6.07) is 6.65. The fourth-order valence-electron chi connectivity index (χ4n) is 4.06. The van der Waals surface area contributed by atoms with E-state index in [0.29, 0.717) is 6.42 Å². The van der Waals surface area contributed by atoms with Crippen molar-refractivity contribution in [2.24, 2.45) is 11.7 Å². The largest absolute Gasteiger partial charge is 0.567 e. The quantitative estimate of drug-likeness (QED) is 0.265. The topological polar surface area (TPSA) is 116 Å². The van der Waals surface area contributed by atoms with Crippen molar-refractivity contribution >= 4 is 8.17 Å². The van der Waals surface area contributed by atoms with Gasteiger partial charge in [-0.05, 0) is 54.7 Å². The maximum atomic E-state index is 9.76. The number of rotatable bonds is 12. The molecule has 28 heavy (non-hydrogen) atoms. The second-order valence-corrected chi connectivity index (χ2v) is 9.52. The lowest BCUT2D eigenvalue weighted by Crippen LogP contribution is -2.55. The van der Waals surface area contributed by atoms with Crippen LogP contribution in [0.2, 0.25) is 0 Å². The van der Waals surface area contributed by atoms with Gasteiger partial charge in [0.15, 0.2) is 0 Å². The number of fused-ring (bicyclic) bond motifs is 1. The molecule has 2 atom stereocenters. The van der Waals surface area contributed by atoms with Crippen LogP contribution in [-0.2, 0) is 23.8 Å². The molecule has 6 N–H and O–H groups in total. The summed E-state index contributed by atoms with van der Waals surface area (Å²) in [7, 11) is -4.36. The van der Waals surface area contributed by atoms with Crippen LogP contribution in [0.1, 0.15) is 68.6 Å². The Morgan fingerprint density at radius 3 is 2.50 bits per heavy atom. The molecule has 0 heterocycles. The third-order valence-corrected chi connectivity index (χ3v) is 6.41. The summed E-state index contributed by atoms with van der Waals surface area (Å²) < 4.78 is 4.72. The number of unbranched alkanes of at least 4 members (excludes halogenated alkanes) is 5. The number of hydrogen-bond donors (Lipinski definition) is 5. The summed E-state index contributed by atoms with van der Waals surface area (Å²) in [5.41, 5.74) is 9.12. The minimum absolute atomic E-state index is 0.0547. The molecule has 0 fully saturated rings. The summed E-state index contributed by atoms with van der Waals surface area (Å²) >= 11 is 0. The van der Waals surface area contributed by atoms with E-state index in [4.69, 9.17) is 24.9 Å². The first kappa shape index (κ1) is 23.7. The van der Waals surface area contributed by atoms with Gasteiger partial charge in [-0.25, -0.2) is 0 Å². The van der Waals surface area contributed by atoms with E-state index in [9.17, 15) is 5.11 Å². The van der Waals surface area contributed by atoms with Gasteiger partial charge >= 0.3 is 8.17 Å². The van der Waals surface area contributed by atoms with E-state index in [-0.39, 0.29) is 19.1 Å². The molecule has 1 aromatic rings. The van der Waals surface area contributed by atoms with Crippen molar-refractivity contribution in [1.82, 2.24) is 0 Å². The Labute approximate surface area is 169 Å². The zero-order valence-electron chi connectivity index (χ0n) is 17.0. The summed E-state index contributed by atoms with van der Waals surface area (Å²) in [6.45, 7) is 1.60. The number of aliphatic hydroxyl groups excluding tert-OH is 1. The van der Waals surface area contributed by atoms with Gasteiger partial charge in [0.1, 0.15) is 6.61 Å². The molecular weight excluding hydrogens is 377 g/mol. The lowest BCUT2D eigenvalue weighted by Gasteiger charge is -2.38. The van der Waals surface area contributed by atoms with Crippen LogP contribution in [0.15, 0.2) is 18.2 Å². The Bertz CT molecular complexity index is 607. The van der Waals surface area contributed by atoms with Crippen LogP contribution < -0.4 is 5.73 Å². The molecule has 1 aliphatic carbocycles. The molecule has 0 saturated heterocycles. The molecule has 160 valence electrons. The molecule has 1 unspecified atom stereocenters. The molecule has 0 radical (unpaired) electrons. The van der Waals surface area contributed by atoms with Gasteiger partial charge in [-0.2, -0.15) is 19.2 Å². The van der Waals surface area contributed by atoms with E-state index < -0.39 is 13.7 Å². The normalized spacial score (nSPS) is 19.3. The number of aryl methyl sites for hydroxylation is 2. The Morgan fingerprint density at radius 1 is 1.11 bits per heavy atom. The second kappa shape index (κ2) is 11.0. The van der Waals surface area contributed by atoms with Crippen molar-refractivity contribution in [2.45, 2.75) is 76.7 Å². The highest BCUT2D eigenvalue weighted by Crippen LogP contribution is 2.47. The zero-order chi connectivity index (χ0) is 20.6. The Balaban J connectivity index is 1.90. The maximum Gasteiger partial charge on any atom is 0.567 e. The van der Waals surface area contributed by atoms with Gasteiger partial charge in [-0.1, -0.05) is 57.2 Å². The summed E-state index contributed by atoms with van der Waals surface area (Å²) in [4.78, 5) is 27.2. The third kappa shape index (κ3) is 7.34.